The molecule has 4 heteroatoms. The fourth-order valence-electron chi connectivity index (χ4n) is 3.26. The zero-order valence-corrected chi connectivity index (χ0v) is 11.1. The summed E-state index contributed by atoms with van der Waals surface area (Å²) in [7, 11) is 0. The van der Waals surface area contributed by atoms with Crippen molar-refractivity contribution in [3.63, 3.8) is 0 Å². The molecule has 102 valence electrons. The molecule has 0 aliphatic heterocycles. The Labute approximate surface area is 108 Å². The van der Waals surface area contributed by atoms with Crippen molar-refractivity contribution in [2.75, 3.05) is 0 Å². The van der Waals surface area contributed by atoms with Crippen molar-refractivity contribution >= 4 is 11.9 Å². The molecule has 0 radical (unpaired) electrons. The van der Waals surface area contributed by atoms with Gasteiger partial charge in [-0.2, -0.15) is 0 Å². The number of hydrogen-bond donors (Lipinski definition) is 2. The molecule has 0 aromatic carbocycles. The van der Waals surface area contributed by atoms with E-state index in [0.717, 1.165) is 32.1 Å². The first-order valence-corrected chi connectivity index (χ1v) is 7.05. The van der Waals surface area contributed by atoms with E-state index in [0.29, 0.717) is 12.8 Å². The smallest absolute Gasteiger partial charge is 0.306 e. The van der Waals surface area contributed by atoms with Gasteiger partial charge in [-0.1, -0.05) is 26.2 Å². The first-order valence-electron chi connectivity index (χ1n) is 7.05. The van der Waals surface area contributed by atoms with E-state index >= 15 is 0 Å². The van der Waals surface area contributed by atoms with E-state index in [1.54, 1.807) is 0 Å². The van der Waals surface area contributed by atoms with Crippen LogP contribution in [0.15, 0.2) is 0 Å². The molecule has 0 saturated heterocycles. The first kappa shape index (κ1) is 13.4. The number of carboxylic acids is 1. The molecule has 4 nitrogen and oxygen atoms in total. The van der Waals surface area contributed by atoms with E-state index in [2.05, 4.69) is 5.32 Å². The molecule has 2 aliphatic carbocycles. The number of aliphatic carboxylic acids is 1. The van der Waals surface area contributed by atoms with Crippen molar-refractivity contribution < 1.29 is 14.7 Å². The molecule has 0 bridgehead atoms. The van der Waals surface area contributed by atoms with Gasteiger partial charge in [-0.15, -0.1) is 0 Å². The number of amides is 1. The van der Waals surface area contributed by atoms with E-state index in [9.17, 15) is 9.59 Å². The Hall–Kier alpha value is -1.06. The van der Waals surface area contributed by atoms with Gasteiger partial charge in [-0.05, 0) is 32.1 Å². The zero-order valence-electron chi connectivity index (χ0n) is 11.1. The highest BCUT2D eigenvalue weighted by molar-refractivity contribution is 5.82. The number of nitrogens with one attached hydrogen (secondary N) is 1. The molecule has 0 spiro atoms. The van der Waals surface area contributed by atoms with Crippen molar-refractivity contribution in [2.24, 2.45) is 11.3 Å². The molecule has 0 heterocycles. The second-order valence-corrected chi connectivity index (χ2v) is 6.14. The summed E-state index contributed by atoms with van der Waals surface area (Å²) >= 11 is 0. The van der Waals surface area contributed by atoms with Gasteiger partial charge in [0.05, 0.1) is 5.92 Å². The van der Waals surface area contributed by atoms with Gasteiger partial charge in [0, 0.05) is 11.5 Å². The number of carbonyl (C=O) groups excluding carboxylic acids is 1. The van der Waals surface area contributed by atoms with Crippen LogP contribution in [-0.4, -0.2) is 23.0 Å². The fourth-order valence-corrected chi connectivity index (χ4v) is 3.26. The van der Waals surface area contributed by atoms with Gasteiger partial charge in [0.1, 0.15) is 0 Å². The minimum Gasteiger partial charge on any atom is -0.481 e. The summed E-state index contributed by atoms with van der Waals surface area (Å²) in [4.78, 5) is 23.2. The SMILES string of the molecule is CC1(C(=O)N[C@H]2CC[C@@H](C(=O)O)C2)CCCCC1. The lowest BCUT2D eigenvalue weighted by Gasteiger charge is -2.33. The summed E-state index contributed by atoms with van der Waals surface area (Å²) in [6, 6.07) is 0.0670. The van der Waals surface area contributed by atoms with E-state index in [4.69, 9.17) is 5.11 Å². The highest BCUT2D eigenvalue weighted by Crippen LogP contribution is 2.36. The average molecular weight is 253 g/mol. The monoisotopic (exact) mass is 253 g/mol. The molecule has 1 amide bonds. The maximum atomic E-state index is 12.3. The van der Waals surface area contributed by atoms with Gasteiger partial charge in [-0.3, -0.25) is 9.59 Å². The standard InChI is InChI=1S/C14H23NO3/c1-14(7-3-2-4-8-14)13(18)15-11-6-5-10(9-11)12(16)17/h10-11H,2-9H2,1H3,(H,15,18)(H,16,17)/t10-,11+/m1/s1. The topological polar surface area (TPSA) is 66.4 Å². The van der Waals surface area contributed by atoms with E-state index in [-0.39, 0.29) is 23.3 Å². The molecule has 2 rings (SSSR count). The maximum absolute atomic E-state index is 12.3. The van der Waals surface area contributed by atoms with Crippen LogP contribution in [0.2, 0.25) is 0 Å². The number of carboxylic acid groups (broad SMARTS) is 1. The molecular formula is C14H23NO3. The lowest BCUT2D eigenvalue weighted by Crippen LogP contribution is -2.44. The third kappa shape index (κ3) is 2.85. The van der Waals surface area contributed by atoms with Crippen LogP contribution in [0.5, 0.6) is 0 Å². The largest absolute Gasteiger partial charge is 0.481 e. The Kier molecular flexibility index (Phi) is 3.93. The third-order valence-corrected chi connectivity index (χ3v) is 4.62. The third-order valence-electron chi connectivity index (χ3n) is 4.62. The molecule has 0 aromatic rings. The summed E-state index contributed by atoms with van der Waals surface area (Å²) in [6.45, 7) is 2.05. The van der Waals surface area contributed by atoms with Crippen molar-refractivity contribution in [3.8, 4) is 0 Å². The molecule has 2 N–H and O–H groups in total. The highest BCUT2D eigenvalue weighted by atomic mass is 16.4. The predicted molar refractivity (Wildman–Crippen MR) is 68.1 cm³/mol. The van der Waals surface area contributed by atoms with Crippen molar-refractivity contribution in [3.05, 3.63) is 0 Å². The molecule has 2 saturated carbocycles. The van der Waals surface area contributed by atoms with Crippen LogP contribution in [0, 0.1) is 11.3 Å². The highest BCUT2D eigenvalue weighted by Gasteiger charge is 2.37. The molecule has 0 aromatic heterocycles. The Bertz CT molecular complexity index is 334. The number of hydrogen-bond acceptors (Lipinski definition) is 2. The van der Waals surface area contributed by atoms with Crippen LogP contribution in [0.1, 0.15) is 58.3 Å². The maximum Gasteiger partial charge on any atom is 0.306 e. The van der Waals surface area contributed by atoms with Crippen LogP contribution in [0.4, 0.5) is 0 Å². The Morgan fingerprint density at radius 3 is 2.39 bits per heavy atom. The molecule has 18 heavy (non-hydrogen) atoms. The zero-order chi connectivity index (χ0) is 13.2. The minimum atomic E-state index is -0.726. The molecule has 2 aliphatic rings. The van der Waals surface area contributed by atoms with Gasteiger partial charge in [-0.25, -0.2) is 0 Å². The Morgan fingerprint density at radius 2 is 1.83 bits per heavy atom. The summed E-state index contributed by atoms with van der Waals surface area (Å²) in [6.07, 6.45) is 7.51. The normalized spacial score (nSPS) is 30.9. The molecule has 2 atom stereocenters. The average Bonchev–Trinajstić information content (AvgIpc) is 2.78. The molecule has 2 fully saturated rings. The van der Waals surface area contributed by atoms with Gasteiger partial charge in [0.25, 0.3) is 0 Å². The van der Waals surface area contributed by atoms with Gasteiger partial charge < -0.3 is 10.4 Å². The predicted octanol–water partition coefficient (Wildman–Crippen LogP) is 2.33. The number of rotatable bonds is 3. The lowest BCUT2D eigenvalue weighted by molar-refractivity contribution is -0.141. The number of carbonyl (C=O) groups is 2. The van der Waals surface area contributed by atoms with Crippen LogP contribution in [0.25, 0.3) is 0 Å². The molecule has 0 unspecified atom stereocenters. The van der Waals surface area contributed by atoms with Crippen LogP contribution >= 0.6 is 0 Å². The van der Waals surface area contributed by atoms with Crippen molar-refractivity contribution in [1.29, 1.82) is 0 Å². The van der Waals surface area contributed by atoms with Crippen molar-refractivity contribution in [2.45, 2.75) is 64.3 Å². The van der Waals surface area contributed by atoms with E-state index in [1.807, 2.05) is 6.92 Å². The second kappa shape index (κ2) is 5.29. The summed E-state index contributed by atoms with van der Waals surface area (Å²) < 4.78 is 0. The van der Waals surface area contributed by atoms with Crippen molar-refractivity contribution in [1.82, 2.24) is 5.32 Å². The molecular weight excluding hydrogens is 230 g/mol. The fraction of sp³-hybridized carbons (Fsp3) is 0.857. The Balaban J connectivity index is 1.86. The van der Waals surface area contributed by atoms with E-state index in [1.165, 1.54) is 6.42 Å². The quantitative estimate of drug-likeness (QED) is 0.811. The van der Waals surface area contributed by atoms with Crippen LogP contribution in [-0.2, 0) is 9.59 Å². The first-order chi connectivity index (χ1) is 8.51. The summed E-state index contributed by atoms with van der Waals surface area (Å²) in [5.74, 6) is -0.858. The van der Waals surface area contributed by atoms with Gasteiger partial charge >= 0.3 is 5.97 Å². The van der Waals surface area contributed by atoms with E-state index < -0.39 is 5.97 Å². The minimum absolute atomic E-state index is 0.0670. The Morgan fingerprint density at radius 1 is 1.17 bits per heavy atom. The summed E-state index contributed by atoms with van der Waals surface area (Å²) in [5.41, 5.74) is -0.223. The van der Waals surface area contributed by atoms with Crippen LogP contribution < -0.4 is 5.32 Å². The van der Waals surface area contributed by atoms with Gasteiger partial charge in [0.15, 0.2) is 0 Å². The second-order valence-electron chi connectivity index (χ2n) is 6.14. The van der Waals surface area contributed by atoms with Gasteiger partial charge in [0.2, 0.25) is 5.91 Å². The lowest BCUT2D eigenvalue weighted by atomic mass is 9.75. The summed E-state index contributed by atoms with van der Waals surface area (Å²) in [5, 5.41) is 12.0. The van der Waals surface area contributed by atoms with Crippen LogP contribution in [0.3, 0.4) is 0 Å².